The molecule has 2 heterocycles. The Morgan fingerprint density at radius 3 is 2.79 bits per heavy atom. The summed E-state index contributed by atoms with van der Waals surface area (Å²) in [4.78, 5) is 4.26. The minimum atomic E-state index is -3.47. The molecule has 3 N–H and O–H groups in total. The van der Waals surface area contributed by atoms with E-state index in [1.807, 2.05) is 0 Å². The second-order valence-electron chi connectivity index (χ2n) is 4.46. The van der Waals surface area contributed by atoms with Crippen molar-refractivity contribution < 1.29 is 8.42 Å². The minimum absolute atomic E-state index is 0.382. The van der Waals surface area contributed by atoms with Gasteiger partial charge in [-0.15, -0.1) is 0 Å². The number of hydrogen-bond donors (Lipinski definition) is 2. The summed E-state index contributed by atoms with van der Waals surface area (Å²) in [6.45, 7) is 1.15. The van der Waals surface area contributed by atoms with Crippen molar-refractivity contribution in [3.05, 3.63) is 18.2 Å². The quantitative estimate of drug-likeness (QED) is 0.843. The molecule has 1 aliphatic rings. The highest BCUT2D eigenvalue weighted by Gasteiger charge is 2.26. The van der Waals surface area contributed by atoms with E-state index in [1.54, 1.807) is 18.2 Å². The number of anilines is 2. The van der Waals surface area contributed by atoms with E-state index in [2.05, 4.69) is 9.71 Å². The van der Waals surface area contributed by atoms with Gasteiger partial charge in [0, 0.05) is 18.8 Å². The van der Waals surface area contributed by atoms with Crippen molar-refractivity contribution in [2.45, 2.75) is 12.8 Å². The van der Waals surface area contributed by atoms with Crippen LogP contribution in [0.3, 0.4) is 0 Å². The third-order valence-corrected chi connectivity index (χ3v) is 5.59. The van der Waals surface area contributed by atoms with E-state index in [9.17, 15) is 8.42 Å². The summed E-state index contributed by atoms with van der Waals surface area (Å²) in [6.07, 6.45) is 1.83. The van der Waals surface area contributed by atoms with E-state index in [0.717, 1.165) is 23.1 Å². The first kappa shape index (κ1) is 12.6. The van der Waals surface area contributed by atoms with Gasteiger partial charge < -0.3 is 5.73 Å². The predicted molar refractivity (Wildman–Crippen MR) is 77.4 cm³/mol. The monoisotopic (exact) mass is 298 g/mol. The van der Waals surface area contributed by atoms with Gasteiger partial charge in [-0.1, -0.05) is 11.3 Å². The van der Waals surface area contributed by atoms with Crippen LogP contribution in [0.15, 0.2) is 18.2 Å². The Bertz CT molecular complexity index is 705. The van der Waals surface area contributed by atoms with Gasteiger partial charge >= 0.3 is 10.2 Å². The molecule has 0 bridgehead atoms. The highest BCUT2D eigenvalue weighted by Crippen LogP contribution is 2.28. The van der Waals surface area contributed by atoms with E-state index in [1.165, 1.54) is 15.6 Å². The first-order valence-corrected chi connectivity index (χ1v) is 8.24. The zero-order valence-electron chi connectivity index (χ0n) is 10.2. The summed E-state index contributed by atoms with van der Waals surface area (Å²) in [6, 6.07) is 5.33. The number of nitrogen functional groups attached to an aromatic ring is 1. The average molecular weight is 298 g/mol. The van der Waals surface area contributed by atoms with E-state index < -0.39 is 10.2 Å². The van der Waals surface area contributed by atoms with Crippen LogP contribution >= 0.6 is 11.3 Å². The van der Waals surface area contributed by atoms with Crippen LogP contribution in [0.4, 0.5) is 10.8 Å². The molecule has 8 heteroatoms. The zero-order valence-corrected chi connectivity index (χ0v) is 11.8. The van der Waals surface area contributed by atoms with Crippen LogP contribution in [-0.4, -0.2) is 30.8 Å². The molecule has 1 fully saturated rings. The molecule has 0 amide bonds. The molecule has 6 nitrogen and oxygen atoms in total. The van der Waals surface area contributed by atoms with Crippen LogP contribution < -0.4 is 10.5 Å². The van der Waals surface area contributed by atoms with Crippen LogP contribution in [0.1, 0.15) is 12.8 Å². The Morgan fingerprint density at radius 1 is 1.32 bits per heavy atom. The van der Waals surface area contributed by atoms with E-state index in [-0.39, 0.29) is 0 Å². The number of thiazole rings is 1. The first-order chi connectivity index (χ1) is 9.04. The fourth-order valence-electron chi connectivity index (χ4n) is 2.09. The van der Waals surface area contributed by atoms with Crippen molar-refractivity contribution in [2.75, 3.05) is 23.5 Å². The number of aromatic nitrogens is 1. The lowest BCUT2D eigenvalue weighted by atomic mass is 10.3. The molecule has 102 valence electrons. The zero-order chi connectivity index (χ0) is 13.5. The molecule has 3 rings (SSSR count). The lowest BCUT2D eigenvalue weighted by Gasteiger charge is -2.14. The maximum atomic E-state index is 12.1. The lowest BCUT2D eigenvalue weighted by molar-refractivity contribution is 0.482. The molecular formula is C11H14N4O2S2. The van der Waals surface area contributed by atoms with Gasteiger partial charge in [0.1, 0.15) is 0 Å². The molecule has 0 spiro atoms. The fourth-order valence-corrected chi connectivity index (χ4v) is 4.47. The molecule has 1 aliphatic heterocycles. The number of fused-ring (bicyclic) bond motifs is 1. The Balaban J connectivity index is 1.88. The number of rotatable bonds is 3. The van der Waals surface area contributed by atoms with Gasteiger partial charge in [-0.25, -0.2) is 9.71 Å². The van der Waals surface area contributed by atoms with Crippen molar-refractivity contribution in [1.29, 1.82) is 0 Å². The van der Waals surface area contributed by atoms with Crippen LogP contribution in [-0.2, 0) is 10.2 Å². The number of benzene rings is 1. The number of nitrogens with zero attached hydrogens (tertiary/aromatic N) is 2. The first-order valence-electron chi connectivity index (χ1n) is 5.98. The molecule has 0 radical (unpaired) electrons. The molecule has 1 aromatic heterocycles. The van der Waals surface area contributed by atoms with Gasteiger partial charge in [0.2, 0.25) is 0 Å². The second kappa shape index (κ2) is 4.62. The predicted octanol–water partition coefficient (Wildman–Crippen LogP) is 1.63. The summed E-state index contributed by atoms with van der Waals surface area (Å²) >= 11 is 1.29. The van der Waals surface area contributed by atoms with Crippen LogP contribution in [0.2, 0.25) is 0 Å². The standard InChI is InChI=1S/C11H14N4O2S2/c12-8-3-4-9-10(7-8)18-11(13-9)14-19(16,17)15-5-1-2-6-15/h3-4,7H,1-2,5-6,12H2,(H,13,14). The molecule has 0 saturated carbocycles. The van der Waals surface area contributed by atoms with E-state index >= 15 is 0 Å². The highest BCUT2D eigenvalue weighted by molar-refractivity contribution is 7.90. The topological polar surface area (TPSA) is 88.3 Å². The van der Waals surface area contributed by atoms with Gasteiger partial charge in [-0.05, 0) is 31.0 Å². The number of hydrogen-bond acceptors (Lipinski definition) is 5. The van der Waals surface area contributed by atoms with Crippen LogP contribution in [0.25, 0.3) is 10.2 Å². The molecule has 0 atom stereocenters. The molecule has 0 unspecified atom stereocenters. The maximum absolute atomic E-state index is 12.1. The number of nitrogens with one attached hydrogen (secondary N) is 1. The largest absolute Gasteiger partial charge is 0.399 e. The summed E-state index contributed by atoms with van der Waals surface area (Å²) in [5, 5.41) is 0.382. The molecule has 1 saturated heterocycles. The van der Waals surface area contributed by atoms with E-state index in [4.69, 9.17) is 5.73 Å². The van der Waals surface area contributed by atoms with Crippen molar-refractivity contribution in [2.24, 2.45) is 0 Å². The second-order valence-corrected chi connectivity index (χ2v) is 7.16. The summed E-state index contributed by atoms with van der Waals surface area (Å²) in [7, 11) is -3.47. The Labute approximate surface area is 115 Å². The number of nitrogens with two attached hydrogens (primary N) is 1. The van der Waals surface area contributed by atoms with Crippen molar-refractivity contribution in [3.63, 3.8) is 0 Å². The van der Waals surface area contributed by atoms with Gasteiger partial charge in [-0.2, -0.15) is 12.7 Å². The van der Waals surface area contributed by atoms with Crippen molar-refractivity contribution >= 4 is 42.6 Å². The maximum Gasteiger partial charge on any atom is 0.303 e. The van der Waals surface area contributed by atoms with Gasteiger partial charge in [0.05, 0.1) is 10.2 Å². The van der Waals surface area contributed by atoms with Gasteiger partial charge in [-0.3, -0.25) is 0 Å². The average Bonchev–Trinajstić information content (AvgIpc) is 2.95. The van der Waals surface area contributed by atoms with Gasteiger partial charge in [0.25, 0.3) is 0 Å². The third-order valence-electron chi connectivity index (χ3n) is 3.03. The van der Waals surface area contributed by atoms with Crippen LogP contribution in [0, 0.1) is 0 Å². The minimum Gasteiger partial charge on any atom is -0.399 e. The summed E-state index contributed by atoms with van der Waals surface area (Å²) in [5.41, 5.74) is 7.08. The summed E-state index contributed by atoms with van der Waals surface area (Å²) < 4.78 is 29.1. The Hall–Kier alpha value is -1.38. The normalized spacial score (nSPS) is 17.1. The lowest BCUT2D eigenvalue weighted by Crippen LogP contribution is -2.33. The Kier molecular flexibility index (Phi) is 3.08. The molecule has 1 aromatic carbocycles. The highest BCUT2D eigenvalue weighted by atomic mass is 32.2. The van der Waals surface area contributed by atoms with Crippen LogP contribution in [0.5, 0.6) is 0 Å². The Morgan fingerprint density at radius 2 is 2.05 bits per heavy atom. The van der Waals surface area contributed by atoms with Crippen molar-refractivity contribution in [3.8, 4) is 0 Å². The molecule has 2 aromatic rings. The third kappa shape index (κ3) is 2.51. The van der Waals surface area contributed by atoms with Crippen molar-refractivity contribution in [1.82, 2.24) is 9.29 Å². The SMILES string of the molecule is Nc1ccc2nc(NS(=O)(=O)N3CCCC3)sc2c1. The van der Waals surface area contributed by atoms with Gasteiger partial charge in [0.15, 0.2) is 5.13 Å². The smallest absolute Gasteiger partial charge is 0.303 e. The summed E-state index contributed by atoms with van der Waals surface area (Å²) in [5.74, 6) is 0. The van der Waals surface area contributed by atoms with E-state index in [0.29, 0.717) is 23.9 Å². The fraction of sp³-hybridized carbons (Fsp3) is 0.364. The molecular weight excluding hydrogens is 284 g/mol. The molecule has 19 heavy (non-hydrogen) atoms. The molecule has 0 aliphatic carbocycles.